The number of hydrogen-bond acceptors (Lipinski definition) is 3. The number of benzene rings is 2. The minimum atomic E-state index is 0.0522. The van der Waals surface area contributed by atoms with Crippen molar-refractivity contribution >= 4 is 17.7 Å². The maximum absolute atomic E-state index is 12.0. The lowest BCUT2D eigenvalue weighted by Crippen LogP contribution is -3.08. The largest absolute Gasteiger partial charge is 0.497 e. The molecular formula is C21H27N2O2S+. The molecule has 0 bridgehead atoms. The zero-order valence-corrected chi connectivity index (χ0v) is 16.1. The topological polar surface area (TPSA) is 42.8 Å². The molecule has 0 atom stereocenters. The van der Waals surface area contributed by atoms with Gasteiger partial charge in [-0.3, -0.25) is 4.79 Å². The number of thioether (sulfide) groups is 1. The predicted octanol–water partition coefficient (Wildman–Crippen LogP) is 2.28. The van der Waals surface area contributed by atoms with Gasteiger partial charge >= 0.3 is 0 Å². The smallest absolute Gasteiger partial charge is 0.230 e. The van der Waals surface area contributed by atoms with Crippen LogP contribution in [0.1, 0.15) is 24.0 Å². The lowest BCUT2D eigenvalue weighted by molar-refractivity contribution is -0.901. The fourth-order valence-electron chi connectivity index (χ4n) is 3.19. The number of quaternary nitrogens is 1. The Hall–Kier alpha value is -1.98. The molecule has 3 rings (SSSR count). The van der Waals surface area contributed by atoms with Crippen LogP contribution < -0.4 is 15.0 Å². The SMILES string of the molecule is COc1ccc(SCC(=O)NCc2ccc(C[NH+]3CCCC3)cc2)cc1. The molecule has 4 nitrogen and oxygen atoms in total. The molecular weight excluding hydrogens is 344 g/mol. The molecule has 138 valence electrons. The van der Waals surface area contributed by atoms with Crippen LogP contribution in [0.2, 0.25) is 0 Å². The molecule has 1 saturated heterocycles. The number of amides is 1. The van der Waals surface area contributed by atoms with E-state index in [2.05, 4.69) is 29.6 Å². The zero-order valence-electron chi connectivity index (χ0n) is 15.3. The summed E-state index contributed by atoms with van der Waals surface area (Å²) < 4.78 is 5.14. The number of methoxy groups -OCH3 is 1. The Balaban J connectivity index is 1.39. The summed E-state index contributed by atoms with van der Waals surface area (Å²) in [5.41, 5.74) is 2.53. The third-order valence-corrected chi connectivity index (χ3v) is 5.72. The molecule has 26 heavy (non-hydrogen) atoms. The van der Waals surface area contributed by atoms with Crippen molar-refractivity contribution in [3.05, 3.63) is 59.7 Å². The van der Waals surface area contributed by atoms with Gasteiger partial charge in [-0.2, -0.15) is 0 Å². The zero-order chi connectivity index (χ0) is 18.2. The summed E-state index contributed by atoms with van der Waals surface area (Å²) in [6.45, 7) is 4.29. The van der Waals surface area contributed by atoms with Gasteiger partial charge in [0.2, 0.25) is 5.91 Å². The van der Waals surface area contributed by atoms with Gasteiger partial charge in [0.1, 0.15) is 12.3 Å². The van der Waals surface area contributed by atoms with E-state index in [0.717, 1.165) is 22.8 Å². The van der Waals surface area contributed by atoms with Gasteiger partial charge in [-0.1, -0.05) is 24.3 Å². The number of carbonyl (C=O) groups is 1. The first-order valence-electron chi connectivity index (χ1n) is 9.18. The molecule has 1 amide bonds. The van der Waals surface area contributed by atoms with Gasteiger partial charge in [0, 0.05) is 29.8 Å². The molecule has 5 heteroatoms. The molecule has 0 saturated carbocycles. The van der Waals surface area contributed by atoms with Crippen LogP contribution in [0.25, 0.3) is 0 Å². The van der Waals surface area contributed by atoms with E-state index in [0.29, 0.717) is 12.3 Å². The molecule has 0 unspecified atom stereocenters. The number of hydrogen-bond donors (Lipinski definition) is 2. The van der Waals surface area contributed by atoms with E-state index < -0.39 is 0 Å². The summed E-state index contributed by atoms with van der Waals surface area (Å²) in [4.78, 5) is 14.8. The lowest BCUT2D eigenvalue weighted by atomic mass is 10.1. The summed E-state index contributed by atoms with van der Waals surface area (Å²) >= 11 is 1.53. The second kappa shape index (κ2) is 9.64. The first kappa shape index (κ1) is 18.8. The van der Waals surface area contributed by atoms with E-state index in [1.807, 2.05) is 24.3 Å². The van der Waals surface area contributed by atoms with Crippen molar-refractivity contribution in [3.8, 4) is 5.75 Å². The highest BCUT2D eigenvalue weighted by Gasteiger charge is 2.15. The van der Waals surface area contributed by atoms with Crippen molar-refractivity contribution in [2.24, 2.45) is 0 Å². The highest BCUT2D eigenvalue weighted by atomic mass is 32.2. The van der Waals surface area contributed by atoms with Crippen LogP contribution in [0.4, 0.5) is 0 Å². The minimum absolute atomic E-state index is 0.0522. The maximum atomic E-state index is 12.0. The second-order valence-electron chi connectivity index (χ2n) is 6.69. The van der Waals surface area contributed by atoms with E-state index in [1.54, 1.807) is 12.0 Å². The summed E-state index contributed by atoms with van der Waals surface area (Å²) in [6.07, 6.45) is 2.71. The molecule has 0 radical (unpaired) electrons. The molecule has 1 fully saturated rings. The Morgan fingerprint density at radius 3 is 2.35 bits per heavy atom. The average Bonchev–Trinajstić information content (AvgIpc) is 3.19. The molecule has 2 aromatic carbocycles. The van der Waals surface area contributed by atoms with Crippen molar-refractivity contribution in [2.45, 2.75) is 30.8 Å². The molecule has 0 aliphatic carbocycles. The van der Waals surface area contributed by atoms with Crippen LogP contribution in [-0.2, 0) is 17.9 Å². The van der Waals surface area contributed by atoms with Crippen LogP contribution in [0, 0.1) is 0 Å². The Kier molecular flexibility index (Phi) is 6.97. The average molecular weight is 372 g/mol. The van der Waals surface area contributed by atoms with E-state index in [1.165, 1.54) is 43.3 Å². The van der Waals surface area contributed by atoms with Gasteiger partial charge in [-0.15, -0.1) is 11.8 Å². The third kappa shape index (κ3) is 5.78. The Bertz CT molecular complexity index is 695. The van der Waals surface area contributed by atoms with Crippen LogP contribution in [-0.4, -0.2) is 31.9 Å². The molecule has 2 N–H and O–H groups in total. The van der Waals surface area contributed by atoms with E-state index >= 15 is 0 Å². The number of ether oxygens (including phenoxy) is 1. The standard InChI is InChI=1S/C21H26N2O2S/c1-25-19-8-10-20(11-9-19)26-16-21(24)22-14-17-4-6-18(7-5-17)15-23-12-2-3-13-23/h4-11H,2-3,12-16H2,1H3,(H,22,24)/p+1. The predicted molar refractivity (Wildman–Crippen MR) is 106 cm³/mol. The van der Waals surface area contributed by atoms with Crippen molar-refractivity contribution in [3.63, 3.8) is 0 Å². The lowest BCUT2D eigenvalue weighted by Gasteiger charge is -2.12. The van der Waals surface area contributed by atoms with Crippen LogP contribution in [0.3, 0.4) is 0 Å². The van der Waals surface area contributed by atoms with Gasteiger partial charge in [0.05, 0.1) is 26.0 Å². The fourth-order valence-corrected chi connectivity index (χ4v) is 3.92. The van der Waals surface area contributed by atoms with E-state index in [4.69, 9.17) is 4.74 Å². The van der Waals surface area contributed by atoms with Gasteiger partial charge < -0.3 is 15.0 Å². The van der Waals surface area contributed by atoms with Gasteiger partial charge in [-0.25, -0.2) is 0 Å². The number of rotatable bonds is 8. The Morgan fingerprint density at radius 1 is 1.04 bits per heavy atom. The fraction of sp³-hybridized carbons (Fsp3) is 0.381. The van der Waals surface area contributed by atoms with Crippen molar-refractivity contribution < 1.29 is 14.4 Å². The monoisotopic (exact) mass is 371 g/mol. The highest BCUT2D eigenvalue weighted by Crippen LogP contribution is 2.20. The van der Waals surface area contributed by atoms with Crippen molar-refractivity contribution in [1.29, 1.82) is 0 Å². The van der Waals surface area contributed by atoms with Crippen molar-refractivity contribution in [1.82, 2.24) is 5.32 Å². The summed E-state index contributed by atoms with van der Waals surface area (Å²) in [6, 6.07) is 16.4. The van der Waals surface area contributed by atoms with Gasteiger partial charge in [-0.05, 0) is 29.8 Å². The van der Waals surface area contributed by atoms with Crippen molar-refractivity contribution in [2.75, 3.05) is 26.0 Å². The molecule has 1 aliphatic heterocycles. The molecule has 1 heterocycles. The summed E-state index contributed by atoms with van der Waals surface area (Å²) in [5, 5.41) is 2.99. The Morgan fingerprint density at radius 2 is 1.69 bits per heavy atom. The first-order chi connectivity index (χ1) is 12.7. The first-order valence-corrected chi connectivity index (χ1v) is 10.2. The number of nitrogens with one attached hydrogen (secondary N) is 2. The van der Waals surface area contributed by atoms with E-state index in [9.17, 15) is 4.79 Å². The molecule has 1 aliphatic rings. The van der Waals surface area contributed by atoms with Crippen LogP contribution in [0.5, 0.6) is 5.75 Å². The quantitative estimate of drug-likeness (QED) is 0.700. The number of likely N-dealkylation sites (tertiary alicyclic amines) is 1. The highest BCUT2D eigenvalue weighted by molar-refractivity contribution is 8.00. The van der Waals surface area contributed by atoms with Gasteiger partial charge in [0.25, 0.3) is 0 Å². The molecule has 2 aromatic rings. The van der Waals surface area contributed by atoms with Crippen LogP contribution in [0.15, 0.2) is 53.4 Å². The van der Waals surface area contributed by atoms with Crippen LogP contribution >= 0.6 is 11.8 Å². The minimum Gasteiger partial charge on any atom is -0.497 e. The molecule has 0 aromatic heterocycles. The summed E-state index contributed by atoms with van der Waals surface area (Å²) in [7, 11) is 1.65. The number of carbonyl (C=O) groups excluding carboxylic acids is 1. The maximum Gasteiger partial charge on any atom is 0.230 e. The second-order valence-corrected chi connectivity index (χ2v) is 7.74. The molecule has 0 spiro atoms. The Labute approximate surface area is 159 Å². The normalized spacial score (nSPS) is 14.3. The summed E-state index contributed by atoms with van der Waals surface area (Å²) in [5.74, 6) is 1.30. The van der Waals surface area contributed by atoms with Gasteiger partial charge in [0.15, 0.2) is 0 Å². The van der Waals surface area contributed by atoms with E-state index in [-0.39, 0.29) is 5.91 Å². The third-order valence-electron chi connectivity index (χ3n) is 4.71.